The number of hydroxylamine groups is 2. The number of aryl methyl sites for hydroxylation is 3. The second-order valence-corrected chi connectivity index (χ2v) is 9.99. The summed E-state index contributed by atoms with van der Waals surface area (Å²) in [6, 6.07) is 16.4. The van der Waals surface area contributed by atoms with Gasteiger partial charge in [0, 0.05) is 18.4 Å². The summed E-state index contributed by atoms with van der Waals surface area (Å²) in [5.41, 5.74) is 6.02. The number of carbonyl (C=O) groups is 3. The van der Waals surface area contributed by atoms with Gasteiger partial charge in [0.2, 0.25) is 0 Å². The van der Waals surface area contributed by atoms with E-state index in [9.17, 15) is 19.5 Å². The molecule has 0 spiro atoms. The lowest BCUT2D eigenvalue weighted by Gasteiger charge is -2.12. The van der Waals surface area contributed by atoms with Crippen LogP contribution in [-0.2, 0) is 25.6 Å². The SMILES string of the molecule is Cc1ccc2nc(-c3ccc(/N=N/c4cc(CCC(=O)ON5C(=O)CCC5=O)ccc4O)cc3)sc2c1C. The lowest BCUT2D eigenvalue weighted by molar-refractivity contribution is -0.197. The Kier molecular flexibility index (Phi) is 6.97. The highest BCUT2D eigenvalue weighted by Gasteiger charge is 2.32. The fraction of sp³-hybridized carbons (Fsp3) is 0.214. The minimum atomic E-state index is -0.691. The predicted octanol–water partition coefficient (Wildman–Crippen LogP) is 6.24. The van der Waals surface area contributed by atoms with Crippen LogP contribution in [0.1, 0.15) is 36.0 Å². The number of imide groups is 1. The summed E-state index contributed by atoms with van der Waals surface area (Å²) in [5.74, 6) is -1.78. The van der Waals surface area contributed by atoms with Gasteiger partial charge >= 0.3 is 5.97 Å². The number of benzene rings is 3. The molecule has 4 aromatic rings. The smallest absolute Gasteiger partial charge is 0.333 e. The van der Waals surface area contributed by atoms with Gasteiger partial charge < -0.3 is 9.94 Å². The van der Waals surface area contributed by atoms with Gasteiger partial charge in [-0.3, -0.25) is 9.59 Å². The van der Waals surface area contributed by atoms with Crippen LogP contribution in [0.15, 0.2) is 64.8 Å². The Labute approximate surface area is 222 Å². The molecule has 5 rings (SSSR count). The third kappa shape index (κ3) is 5.30. The molecular weight excluding hydrogens is 504 g/mol. The molecule has 0 unspecified atom stereocenters. The molecule has 3 aromatic carbocycles. The van der Waals surface area contributed by atoms with Crippen LogP contribution < -0.4 is 0 Å². The lowest BCUT2D eigenvalue weighted by atomic mass is 10.1. The van der Waals surface area contributed by atoms with Crippen LogP contribution in [0.5, 0.6) is 5.75 Å². The number of aromatic hydroxyl groups is 1. The van der Waals surface area contributed by atoms with Gasteiger partial charge in [0.15, 0.2) is 0 Å². The molecule has 192 valence electrons. The Bertz CT molecular complexity index is 1580. The number of azo groups is 1. The molecule has 38 heavy (non-hydrogen) atoms. The molecule has 1 fully saturated rings. The summed E-state index contributed by atoms with van der Waals surface area (Å²) >= 11 is 1.66. The van der Waals surface area contributed by atoms with Crippen LogP contribution in [-0.4, -0.2) is 32.9 Å². The summed E-state index contributed by atoms with van der Waals surface area (Å²) in [6.07, 6.45) is 0.309. The predicted molar refractivity (Wildman–Crippen MR) is 142 cm³/mol. The molecule has 2 heterocycles. The van der Waals surface area contributed by atoms with Crippen LogP contribution in [0, 0.1) is 13.8 Å². The molecule has 0 bridgehead atoms. The number of hydrogen-bond donors (Lipinski definition) is 1. The van der Waals surface area contributed by atoms with Crippen LogP contribution >= 0.6 is 11.3 Å². The first-order valence-corrected chi connectivity index (χ1v) is 12.9. The Balaban J connectivity index is 1.24. The first kappa shape index (κ1) is 25.2. The van der Waals surface area contributed by atoms with Crippen molar-refractivity contribution in [2.45, 2.75) is 39.5 Å². The first-order valence-electron chi connectivity index (χ1n) is 12.1. The number of phenolic OH excluding ortho intramolecular Hbond substituents is 1. The number of hydrogen-bond acceptors (Lipinski definition) is 9. The van der Waals surface area contributed by atoms with Crippen LogP contribution in [0.3, 0.4) is 0 Å². The van der Waals surface area contributed by atoms with Crippen LogP contribution in [0.2, 0.25) is 0 Å². The highest BCUT2D eigenvalue weighted by Crippen LogP contribution is 2.35. The third-order valence-corrected chi connectivity index (χ3v) is 7.56. The van der Waals surface area contributed by atoms with Crippen LogP contribution in [0.25, 0.3) is 20.8 Å². The number of carbonyl (C=O) groups excluding carboxylic acids is 3. The van der Waals surface area contributed by atoms with Gasteiger partial charge in [-0.2, -0.15) is 5.11 Å². The van der Waals surface area contributed by atoms with Gasteiger partial charge in [0.1, 0.15) is 16.4 Å². The van der Waals surface area contributed by atoms with E-state index < -0.39 is 17.8 Å². The number of nitrogens with zero attached hydrogens (tertiary/aromatic N) is 4. The largest absolute Gasteiger partial charge is 0.506 e. The molecule has 1 aliphatic rings. The molecule has 0 atom stereocenters. The number of phenols is 1. The van der Waals surface area contributed by atoms with E-state index in [4.69, 9.17) is 9.82 Å². The Morgan fingerprint density at radius 2 is 1.76 bits per heavy atom. The number of thiazole rings is 1. The fourth-order valence-electron chi connectivity index (χ4n) is 3.98. The number of amides is 2. The zero-order valence-electron chi connectivity index (χ0n) is 20.8. The van der Waals surface area contributed by atoms with Crippen LogP contribution in [0.4, 0.5) is 11.4 Å². The Morgan fingerprint density at radius 3 is 2.50 bits per heavy atom. The Morgan fingerprint density at radius 1 is 1.03 bits per heavy atom. The van der Waals surface area contributed by atoms with Gasteiger partial charge in [0.25, 0.3) is 11.8 Å². The molecule has 0 aliphatic carbocycles. The van der Waals surface area contributed by atoms with E-state index in [1.165, 1.54) is 21.9 Å². The molecule has 0 saturated carbocycles. The van der Waals surface area contributed by atoms with Gasteiger partial charge in [-0.05, 0) is 79.4 Å². The number of fused-ring (bicyclic) bond motifs is 1. The van der Waals surface area contributed by atoms with Crippen molar-refractivity contribution in [2.24, 2.45) is 10.2 Å². The lowest BCUT2D eigenvalue weighted by Crippen LogP contribution is -2.32. The number of aromatic nitrogens is 1. The number of rotatable bonds is 7. The zero-order valence-corrected chi connectivity index (χ0v) is 21.6. The van der Waals surface area contributed by atoms with Gasteiger partial charge in [-0.25, -0.2) is 9.78 Å². The molecule has 1 aliphatic heterocycles. The molecule has 9 nitrogen and oxygen atoms in total. The molecule has 1 N–H and O–H groups in total. The van der Waals surface area contributed by atoms with E-state index in [2.05, 4.69) is 30.1 Å². The van der Waals surface area contributed by atoms with E-state index in [0.717, 1.165) is 16.1 Å². The summed E-state index contributed by atoms with van der Waals surface area (Å²) < 4.78 is 1.19. The maximum Gasteiger partial charge on any atom is 0.333 e. The van der Waals surface area contributed by atoms with Crippen molar-refractivity contribution in [3.8, 4) is 16.3 Å². The second-order valence-electron chi connectivity index (χ2n) is 8.99. The highest BCUT2D eigenvalue weighted by atomic mass is 32.1. The van der Waals surface area contributed by atoms with E-state index in [1.807, 2.05) is 30.3 Å². The van der Waals surface area contributed by atoms with Gasteiger partial charge in [0.05, 0.1) is 22.3 Å². The molecular formula is C28H24N4O5S. The second kappa shape index (κ2) is 10.5. The summed E-state index contributed by atoms with van der Waals surface area (Å²) in [7, 11) is 0. The standard InChI is InChI=1S/C28H24N4O5S/c1-16-3-10-21-27(17(16)2)38-28(29-21)19-6-8-20(9-7-19)30-31-22-15-18(4-11-23(22)33)5-14-26(36)37-32-24(34)12-13-25(32)35/h3-4,6-11,15,33H,5,12-14H2,1-2H3/b31-30+. The minimum absolute atomic E-state index is 0.0442. The van der Waals surface area contributed by atoms with E-state index >= 15 is 0 Å². The van der Waals surface area contributed by atoms with E-state index in [1.54, 1.807) is 23.5 Å². The van der Waals surface area contributed by atoms with Crippen molar-refractivity contribution >= 4 is 50.7 Å². The monoisotopic (exact) mass is 528 g/mol. The third-order valence-electron chi connectivity index (χ3n) is 6.32. The van der Waals surface area contributed by atoms with Crippen molar-refractivity contribution in [3.05, 3.63) is 71.3 Å². The van der Waals surface area contributed by atoms with E-state index in [0.29, 0.717) is 16.3 Å². The van der Waals surface area contributed by atoms with Crippen molar-refractivity contribution in [1.29, 1.82) is 0 Å². The molecule has 1 aromatic heterocycles. The zero-order chi connectivity index (χ0) is 26.8. The average Bonchev–Trinajstić information content (AvgIpc) is 3.49. The molecule has 1 saturated heterocycles. The van der Waals surface area contributed by atoms with Crippen molar-refractivity contribution in [3.63, 3.8) is 0 Å². The highest BCUT2D eigenvalue weighted by molar-refractivity contribution is 7.21. The maximum atomic E-state index is 12.1. The fourth-order valence-corrected chi connectivity index (χ4v) is 5.11. The first-order chi connectivity index (χ1) is 18.3. The summed E-state index contributed by atoms with van der Waals surface area (Å²) in [5, 5.41) is 20.1. The average molecular weight is 529 g/mol. The van der Waals surface area contributed by atoms with Gasteiger partial charge in [-0.1, -0.05) is 12.1 Å². The molecule has 2 amide bonds. The maximum absolute atomic E-state index is 12.1. The summed E-state index contributed by atoms with van der Waals surface area (Å²) in [6.45, 7) is 4.20. The molecule has 10 heteroatoms. The summed E-state index contributed by atoms with van der Waals surface area (Å²) in [4.78, 5) is 44.9. The van der Waals surface area contributed by atoms with Gasteiger partial charge in [-0.15, -0.1) is 21.5 Å². The quantitative estimate of drug-likeness (QED) is 0.224. The van der Waals surface area contributed by atoms with Crippen molar-refractivity contribution in [2.75, 3.05) is 0 Å². The molecule has 0 radical (unpaired) electrons. The van der Waals surface area contributed by atoms with Crippen molar-refractivity contribution in [1.82, 2.24) is 10.0 Å². The normalized spacial score (nSPS) is 13.7. The topological polar surface area (TPSA) is 122 Å². The van der Waals surface area contributed by atoms with E-state index in [-0.39, 0.29) is 37.1 Å². The minimum Gasteiger partial charge on any atom is -0.506 e. The Hall–Kier alpha value is -4.44. The van der Waals surface area contributed by atoms with Crippen molar-refractivity contribution < 1.29 is 24.3 Å².